The van der Waals surface area contributed by atoms with Crippen LogP contribution in [0.1, 0.15) is 5.56 Å². The summed E-state index contributed by atoms with van der Waals surface area (Å²) in [6.45, 7) is 4.81. The third kappa shape index (κ3) is 3.11. The lowest BCUT2D eigenvalue weighted by Crippen LogP contribution is -2.47. The first-order chi connectivity index (χ1) is 11.1. The first kappa shape index (κ1) is 15.3. The van der Waals surface area contributed by atoms with Gasteiger partial charge < -0.3 is 9.80 Å². The van der Waals surface area contributed by atoms with E-state index in [0.717, 1.165) is 19.2 Å². The van der Waals surface area contributed by atoms with Gasteiger partial charge in [0.15, 0.2) is 0 Å². The highest BCUT2D eigenvalue weighted by atomic mass is 19.1. The van der Waals surface area contributed by atoms with Crippen LogP contribution in [-0.2, 0) is 0 Å². The molecule has 0 radical (unpaired) electrons. The van der Waals surface area contributed by atoms with E-state index in [2.05, 4.69) is 24.0 Å². The average Bonchev–Trinajstić information content (AvgIpc) is 2.55. The molecule has 0 unspecified atom stereocenters. The van der Waals surface area contributed by atoms with Crippen molar-refractivity contribution in [3.8, 4) is 0 Å². The smallest absolute Gasteiger partial charge is 0.292 e. The number of benzene rings is 2. The molecule has 1 fully saturated rings. The lowest BCUT2D eigenvalue weighted by atomic mass is 10.1. The summed E-state index contributed by atoms with van der Waals surface area (Å²) < 4.78 is 13.5. The maximum atomic E-state index is 13.5. The number of hydrogen-bond acceptors (Lipinski definition) is 4. The monoisotopic (exact) mass is 315 g/mol. The summed E-state index contributed by atoms with van der Waals surface area (Å²) in [6, 6.07) is 11.8. The van der Waals surface area contributed by atoms with Crippen LogP contribution in [0.5, 0.6) is 0 Å². The molecule has 0 aromatic heterocycles. The largest absolute Gasteiger partial charge is 0.368 e. The van der Waals surface area contributed by atoms with Crippen molar-refractivity contribution in [1.29, 1.82) is 0 Å². The van der Waals surface area contributed by atoms with Crippen molar-refractivity contribution in [2.75, 3.05) is 36.0 Å². The molecule has 0 aliphatic carbocycles. The van der Waals surface area contributed by atoms with Crippen molar-refractivity contribution in [2.45, 2.75) is 6.92 Å². The maximum absolute atomic E-state index is 13.5. The number of aryl methyl sites for hydroxylation is 1. The quantitative estimate of drug-likeness (QED) is 0.643. The van der Waals surface area contributed by atoms with Crippen molar-refractivity contribution in [3.05, 3.63) is 64.0 Å². The number of hydrogen-bond donors (Lipinski definition) is 0. The predicted octanol–water partition coefficient (Wildman–Crippen LogP) is 3.37. The van der Waals surface area contributed by atoms with Gasteiger partial charge >= 0.3 is 0 Å². The lowest BCUT2D eigenvalue weighted by Gasteiger charge is -2.37. The summed E-state index contributed by atoms with van der Waals surface area (Å²) in [6.07, 6.45) is 0. The van der Waals surface area contributed by atoms with Gasteiger partial charge in [-0.1, -0.05) is 18.2 Å². The molecule has 2 aromatic rings. The van der Waals surface area contributed by atoms with Crippen molar-refractivity contribution < 1.29 is 9.31 Å². The third-order valence-corrected chi connectivity index (χ3v) is 4.21. The van der Waals surface area contributed by atoms with E-state index in [-0.39, 0.29) is 5.69 Å². The van der Waals surface area contributed by atoms with E-state index in [4.69, 9.17) is 0 Å². The SMILES string of the molecule is Cc1ccccc1N1CCN(c2cc(F)ccc2[N+](=O)[O-])CC1. The summed E-state index contributed by atoms with van der Waals surface area (Å²) in [7, 11) is 0. The summed E-state index contributed by atoms with van der Waals surface area (Å²) >= 11 is 0. The number of para-hydroxylation sites is 1. The molecule has 1 saturated heterocycles. The second kappa shape index (κ2) is 6.24. The highest BCUT2D eigenvalue weighted by Crippen LogP contribution is 2.30. The Bertz CT molecular complexity index is 728. The molecule has 0 bridgehead atoms. The Balaban J connectivity index is 1.78. The molecule has 3 rings (SSSR count). The summed E-state index contributed by atoms with van der Waals surface area (Å²) in [5.41, 5.74) is 2.70. The van der Waals surface area contributed by atoms with Crippen LogP contribution in [0.25, 0.3) is 0 Å². The molecule has 0 saturated carbocycles. The van der Waals surface area contributed by atoms with Gasteiger partial charge in [-0.2, -0.15) is 0 Å². The second-order valence-electron chi connectivity index (χ2n) is 5.65. The Morgan fingerprint density at radius 1 is 1.00 bits per heavy atom. The zero-order valence-electron chi connectivity index (χ0n) is 12.9. The van der Waals surface area contributed by atoms with Crippen molar-refractivity contribution in [3.63, 3.8) is 0 Å². The van der Waals surface area contributed by atoms with Gasteiger partial charge in [-0.25, -0.2) is 4.39 Å². The molecule has 120 valence electrons. The number of rotatable bonds is 3. The fourth-order valence-corrected chi connectivity index (χ4v) is 3.01. The Labute approximate surface area is 134 Å². The van der Waals surface area contributed by atoms with Crippen LogP contribution in [-0.4, -0.2) is 31.1 Å². The van der Waals surface area contributed by atoms with Gasteiger partial charge in [0.05, 0.1) is 4.92 Å². The van der Waals surface area contributed by atoms with Crippen molar-refractivity contribution >= 4 is 17.1 Å². The number of halogens is 1. The van der Waals surface area contributed by atoms with E-state index in [0.29, 0.717) is 18.8 Å². The summed E-state index contributed by atoms with van der Waals surface area (Å²) in [4.78, 5) is 14.8. The van der Waals surface area contributed by atoms with Crippen molar-refractivity contribution in [1.82, 2.24) is 0 Å². The van der Waals surface area contributed by atoms with Crippen LogP contribution in [0.4, 0.5) is 21.5 Å². The van der Waals surface area contributed by atoms with Gasteiger partial charge in [-0.05, 0) is 24.6 Å². The second-order valence-corrected chi connectivity index (χ2v) is 5.65. The van der Waals surface area contributed by atoms with Crippen LogP contribution >= 0.6 is 0 Å². The minimum atomic E-state index is -0.456. The normalized spacial score (nSPS) is 14.9. The van der Waals surface area contributed by atoms with Crippen LogP contribution in [0.2, 0.25) is 0 Å². The molecule has 0 atom stereocenters. The Morgan fingerprint density at radius 3 is 2.22 bits per heavy atom. The first-order valence-electron chi connectivity index (χ1n) is 7.56. The van der Waals surface area contributed by atoms with Crippen molar-refractivity contribution in [2.24, 2.45) is 0 Å². The van der Waals surface area contributed by atoms with E-state index in [1.165, 1.54) is 23.4 Å². The van der Waals surface area contributed by atoms with Crippen LogP contribution < -0.4 is 9.80 Å². The average molecular weight is 315 g/mol. The van der Waals surface area contributed by atoms with Gasteiger partial charge in [-0.3, -0.25) is 10.1 Å². The first-order valence-corrected chi connectivity index (χ1v) is 7.56. The summed E-state index contributed by atoms with van der Waals surface area (Å²) in [5, 5.41) is 11.2. The fourth-order valence-electron chi connectivity index (χ4n) is 3.01. The third-order valence-electron chi connectivity index (χ3n) is 4.21. The van der Waals surface area contributed by atoms with E-state index >= 15 is 0 Å². The minimum Gasteiger partial charge on any atom is -0.368 e. The van der Waals surface area contributed by atoms with Gasteiger partial charge in [0.1, 0.15) is 11.5 Å². The molecular weight excluding hydrogens is 297 g/mol. The zero-order chi connectivity index (χ0) is 16.4. The molecule has 1 aliphatic rings. The molecule has 1 aliphatic heterocycles. The Hall–Kier alpha value is -2.63. The molecule has 23 heavy (non-hydrogen) atoms. The lowest BCUT2D eigenvalue weighted by molar-refractivity contribution is -0.384. The van der Waals surface area contributed by atoms with Crippen LogP contribution in [0, 0.1) is 22.9 Å². The molecule has 5 nitrogen and oxygen atoms in total. The standard InChI is InChI=1S/C17H18FN3O2/c1-13-4-2-3-5-15(13)19-8-10-20(11-9-19)17-12-14(18)6-7-16(17)21(22)23/h2-7,12H,8-11H2,1H3. The number of anilines is 2. The van der Waals surface area contributed by atoms with E-state index in [1.807, 2.05) is 17.0 Å². The summed E-state index contributed by atoms with van der Waals surface area (Å²) in [5.74, 6) is -0.452. The maximum Gasteiger partial charge on any atom is 0.292 e. The Morgan fingerprint density at radius 2 is 1.61 bits per heavy atom. The van der Waals surface area contributed by atoms with Gasteiger partial charge in [-0.15, -0.1) is 0 Å². The van der Waals surface area contributed by atoms with Gasteiger partial charge in [0.25, 0.3) is 5.69 Å². The molecular formula is C17H18FN3O2. The number of piperazine rings is 1. The Kier molecular flexibility index (Phi) is 4.14. The molecule has 2 aromatic carbocycles. The number of nitro groups is 1. The topological polar surface area (TPSA) is 49.6 Å². The zero-order valence-corrected chi connectivity index (χ0v) is 12.9. The molecule has 1 heterocycles. The van der Waals surface area contributed by atoms with E-state index in [9.17, 15) is 14.5 Å². The van der Waals surface area contributed by atoms with Gasteiger partial charge in [0.2, 0.25) is 0 Å². The van der Waals surface area contributed by atoms with E-state index in [1.54, 1.807) is 0 Å². The predicted molar refractivity (Wildman–Crippen MR) is 88.7 cm³/mol. The van der Waals surface area contributed by atoms with Crippen LogP contribution in [0.3, 0.4) is 0 Å². The molecule has 0 spiro atoms. The minimum absolute atomic E-state index is 0.0456. The molecule has 0 amide bonds. The number of nitro benzene ring substituents is 1. The van der Waals surface area contributed by atoms with Crippen LogP contribution in [0.15, 0.2) is 42.5 Å². The van der Waals surface area contributed by atoms with E-state index < -0.39 is 10.7 Å². The number of nitrogens with zero attached hydrogens (tertiary/aromatic N) is 3. The molecule has 0 N–H and O–H groups in total. The van der Waals surface area contributed by atoms with Gasteiger partial charge in [0, 0.05) is 44.0 Å². The highest BCUT2D eigenvalue weighted by Gasteiger charge is 2.24. The fraction of sp³-hybridized carbons (Fsp3) is 0.294. The molecule has 6 heteroatoms. The highest BCUT2D eigenvalue weighted by molar-refractivity contribution is 5.64.